The van der Waals surface area contributed by atoms with E-state index >= 15 is 0 Å². The molecule has 0 atom stereocenters. The number of hydrogen-bond acceptors (Lipinski definition) is 3. The summed E-state index contributed by atoms with van der Waals surface area (Å²) in [5, 5.41) is 13.2. The highest BCUT2D eigenvalue weighted by Crippen LogP contribution is 2.46. The Morgan fingerprint density at radius 3 is 2.67 bits per heavy atom. The molecule has 4 rings (SSSR count). The van der Waals surface area contributed by atoms with Crippen molar-refractivity contribution in [1.82, 2.24) is 4.90 Å². The smallest absolute Gasteiger partial charge is 0.255 e. The van der Waals surface area contributed by atoms with Crippen molar-refractivity contribution in [1.29, 1.82) is 0 Å². The van der Waals surface area contributed by atoms with Crippen LogP contribution in [-0.4, -0.2) is 34.6 Å². The van der Waals surface area contributed by atoms with Gasteiger partial charge in [0.15, 0.2) is 0 Å². The van der Waals surface area contributed by atoms with Gasteiger partial charge >= 0.3 is 0 Å². The summed E-state index contributed by atoms with van der Waals surface area (Å²) in [6, 6.07) is 8.08. The summed E-state index contributed by atoms with van der Waals surface area (Å²) in [6.07, 6.45) is 3.76. The lowest BCUT2D eigenvalue weighted by molar-refractivity contribution is 0.0341. The Kier molecular flexibility index (Phi) is 3.05. The zero-order chi connectivity index (χ0) is 14.4. The van der Waals surface area contributed by atoms with Gasteiger partial charge in [-0.25, -0.2) is 0 Å². The van der Waals surface area contributed by atoms with Gasteiger partial charge in [-0.15, -0.1) is 11.3 Å². The predicted molar refractivity (Wildman–Crippen MR) is 84.6 cm³/mol. The molecule has 3 nitrogen and oxygen atoms in total. The second kappa shape index (κ2) is 4.82. The summed E-state index contributed by atoms with van der Waals surface area (Å²) < 4.78 is 1.17. The number of likely N-dealkylation sites (tertiary alicyclic amines) is 1. The maximum atomic E-state index is 12.7. The minimum atomic E-state index is -0.399. The molecule has 1 aliphatic carbocycles. The first-order valence-corrected chi connectivity index (χ1v) is 8.53. The predicted octanol–water partition coefficient (Wildman–Crippen LogP) is 3.28. The Balaban J connectivity index is 1.51. The van der Waals surface area contributed by atoms with Gasteiger partial charge in [0, 0.05) is 28.6 Å². The number of fused-ring (bicyclic) bond motifs is 1. The van der Waals surface area contributed by atoms with Crippen LogP contribution in [0.1, 0.15) is 36.0 Å². The number of thiophene rings is 1. The van der Waals surface area contributed by atoms with E-state index < -0.39 is 5.60 Å². The number of aliphatic hydroxyl groups is 1. The number of nitrogens with zero attached hydrogens (tertiary/aromatic N) is 1. The minimum Gasteiger partial charge on any atom is -0.390 e. The van der Waals surface area contributed by atoms with E-state index in [0.717, 1.165) is 49.7 Å². The Bertz CT molecular complexity index is 681. The Morgan fingerprint density at radius 1 is 1.24 bits per heavy atom. The SMILES string of the molecule is O=C(c1csc2ccccc12)N1CCC(C2(O)CC2)CC1. The van der Waals surface area contributed by atoms with E-state index in [1.165, 1.54) is 4.70 Å². The van der Waals surface area contributed by atoms with Crippen LogP contribution >= 0.6 is 11.3 Å². The van der Waals surface area contributed by atoms with E-state index in [1.807, 2.05) is 28.5 Å². The van der Waals surface area contributed by atoms with Gasteiger partial charge in [0.2, 0.25) is 0 Å². The molecule has 2 aliphatic rings. The summed E-state index contributed by atoms with van der Waals surface area (Å²) in [5.74, 6) is 0.537. The first-order chi connectivity index (χ1) is 10.2. The van der Waals surface area contributed by atoms with Gasteiger partial charge < -0.3 is 10.0 Å². The Hall–Kier alpha value is -1.39. The first kappa shape index (κ1) is 13.3. The molecule has 2 heterocycles. The first-order valence-electron chi connectivity index (χ1n) is 7.65. The van der Waals surface area contributed by atoms with Gasteiger partial charge in [-0.05, 0) is 37.7 Å². The lowest BCUT2D eigenvalue weighted by Crippen LogP contribution is -2.41. The number of carbonyl (C=O) groups excluding carboxylic acids is 1. The zero-order valence-corrected chi connectivity index (χ0v) is 12.7. The van der Waals surface area contributed by atoms with Crippen LogP contribution < -0.4 is 0 Å². The zero-order valence-electron chi connectivity index (χ0n) is 11.9. The molecule has 2 aromatic rings. The van der Waals surface area contributed by atoms with Crippen LogP contribution in [0.2, 0.25) is 0 Å². The Morgan fingerprint density at radius 2 is 1.95 bits per heavy atom. The van der Waals surface area contributed by atoms with Crippen LogP contribution in [0.25, 0.3) is 10.1 Å². The lowest BCUT2D eigenvalue weighted by Gasteiger charge is -2.34. The molecular formula is C17H19NO2S. The fraction of sp³-hybridized carbons (Fsp3) is 0.471. The van der Waals surface area contributed by atoms with E-state index in [2.05, 4.69) is 6.07 Å². The molecule has 1 aromatic heterocycles. The molecule has 0 radical (unpaired) electrons. The third kappa shape index (κ3) is 2.27. The molecule has 4 heteroatoms. The van der Waals surface area contributed by atoms with E-state index in [1.54, 1.807) is 11.3 Å². The van der Waals surface area contributed by atoms with Crippen molar-refractivity contribution < 1.29 is 9.90 Å². The van der Waals surface area contributed by atoms with Crippen molar-refractivity contribution in [3.63, 3.8) is 0 Å². The molecule has 1 saturated carbocycles. The van der Waals surface area contributed by atoms with Crippen molar-refractivity contribution in [3.8, 4) is 0 Å². The number of carbonyl (C=O) groups is 1. The number of amides is 1. The number of rotatable bonds is 2. The van der Waals surface area contributed by atoms with Crippen LogP contribution in [0.15, 0.2) is 29.6 Å². The van der Waals surface area contributed by atoms with Crippen LogP contribution in [-0.2, 0) is 0 Å². The van der Waals surface area contributed by atoms with Crippen LogP contribution in [0.5, 0.6) is 0 Å². The number of hydrogen-bond donors (Lipinski definition) is 1. The minimum absolute atomic E-state index is 0.147. The van der Waals surface area contributed by atoms with Crippen molar-refractivity contribution >= 4 is 27.3 Å². The van der Waals surface area contributed by atoms with E-state index in [4.69, 9.17) is 0 Å². The third-order valence-electron chi connectivity index (χ3n) is 5.02. The molecule has 21 heavy (non-hydrogen) atoms. The van der Waals surface area contributed by atoms with Crippen LogP contribution in [0, 0.1) is 5.92 Å². The van der Waals surface area contributed by atoms with E-state index in [9.17, 15) is 9.90 Å². The van der Waals surface area contributed by atoms with Gasteiger partial charge in [0.1, 0.15) is 0 Å². The maximum absolute atomic E-state index is 12.7. The van der Waals surface area contributed by atoms with Crippen molar-refractivity contribution in [2.75, 3.05) is 13.1 Å². The molecular weight excluding hydrogens is 282 g/mol. The highest BCUT2D eigenvalue weighted by atomic mass is 32.1. The quantitative estimate of drug-likeness (QED) is 0.925. The van der Waals surface area contributed by atoms with Gasteiger partial charge in [0.25, 0.3) is 5.91 Å². The normalized spacial score (nSPS) is 21.7. The number of piperidine rings is 1. The van der Waals surface area contributed by atoms with Crippen LogP contribution in [0.4, 0.5) is 0 Å². The highest BCUT2D eigenvalue weighted by Gasteiger charge is 2.48. The van der Waals surface area contributed by atoms with Gasteiger partial charge in [-0.2, -0.15) is 0 Å². The summed E-state index contributed by atoms with van der Waals surface area (Å²) in [6.45, 7) is 1.55. The average molecular weight is 301 g/mol. The van der Waals surface area contributed by atoms with Gasteiger partial charge in [-0.1, -0.05) is 18.2 Å². The summed E-state index contributed by atoms with van der Waals surface area (Å²) in [5.41, 5.74) is 0.434. The van der Waals surface area contributed by atoms with Crippen molar-refractivity contribution in [2.24, 2.45) is 5.92 Å². The molecule has 2 fully saturated rings. The van der Waals surface area contributed by atoms with Gasteiger partial charge in [0.05, 0.1) is 11.2 Å². The fourth-order valence-electron chi connectivity index (χ4n) is 3.47. The topological polar surface area (TPSA) is 40.5 Å². The average Bonchev–Trinajstić information content (AvgIpc) is 3.13. The highest BCUT2D eigenvalue weighted by molar-refractivity contribution is 7.17. The molecule has 1 N–H and O–H groups in total. The number of benzene rings is 1. The lowest BCUT2D eigenvalue weighted by atomic mass is 9.89. The van der Waals surface area contributed by atoms with Crippen LogP contribution in [0.3, 0.4) is 0 Å². The van der Waals surface area contributed by atoms with Crippen molar-refractivity contribution in [2.45, 2.75) is 31.3 Å². The molecule has 0 bridgehead atoms. The molecule has 1 amide bonds. The monoisotopic (exact) mass is 301 g/mol. The summed E-state index contributed by atoms with van der Waals surface area (Å²) in [7, 11) is 0. The molecule has 110 valence electrons. The summed E-state index contributed by atoms with van der Waals surface area (Å²) in [4.78, 5) is 14.7. The van der Waals surface area contributed by atoms with E-state index in [-0.39, 0.29) is 5.91 Å². The van der Waals surface area contributed by atoms with Gasteiger partial charge in [-0.3, -0.25) is 4.79 Å². The molecule has 1 saturated heterocycles. The fourth-order valence-corrected chi connectivity index (χ4v) is 4.40. The molecule has 0 unspecified atom stereocenters. The maximum Gasteiger partial charge on any atom is 0.255 e. The van der Waals surface area contributed by atoms with E-state index in [0.29, 0.717) is 5.92 Å². The third-order valence-corrected chi connectivity index (χ3v) is 5.98. The molecule has 1 aromatic carbocycles. The summed E-state index contributed by atoms with van der Waals surface area (Å²) >= 11 is 1.63. The molecule has 1 aliphatic heterocycles. The second-order valence-corrected chi connectivity index (χ2v) is 7.23. The van der Waals surface area contributed by atoms with Crippen molar-refractivity contribution in [3.05, 3.63) is 35.2 Å². The standard InChI is InChI=1S/C17H19NO2S/c19-16(14-11-21-15-4-2-1-3-13(14)15)18-9-5-12(6-10-18)17(20)7-8-17/h1-4,11-12,20H,5-10H2. The second-order valence-electron chi connectivity index (χ2n) is 6.32. The largest absolute Gasteiger partial charge is 0.390 e. The molecule has 0 spiro atoms. The Labute approximate surface area is 128 Å².